The SMILES string of the molecule is Fc1ccccc1Cn1cnc(-c2ccccn2)n1. The van der Waals surface area contributed by atoms with Crippen molar-refractivity contribution in [3.05, 3.63) is 66.4 Å². The van der Waals surface area contributed by atoms with Crippen molar-refractivity contribution < 1.29 is 4.39 Å². The molecular weight excluding hydrogens is 243 g/mol. The zero-order chi connectivity index (χ0) is 13.1. The molecule has 3 rings (SSSR count). The van der Waals surface area contributed by atoms with Crippen molar-refractivity contribution in [1.82, 2.24) is 19.7 Å². The summed E-state index contributed by atoms with van der Waals surface area (Å²) < 4.78 is 15.1. The van der Waals surface area contributed by atoms with Crippen LogP contribution in [-0.4, -0.2) is 19.7 Å². The van der Waals surface area contributed by atoms with Crippen LogP contribution in [0.5, 0.6) is 0 Å². The molecule has 3 aromatic rings. The van der Waals surface area contributed by atoms with Crippen molar-refractivity contribution in [2.24, 2.45) is 0 Å². The predicted octanol–water partition coefficient (Wildman–Crippen LogP) is 2.53. The third-order valence-electron chi connectivity index (χ3n) is 2.72. The number of hydrogen-bond acceptors (Lipinski definition) is 3. The number of aromatic nitrogens is 4. The summed E-state index contributed by atoms with van der Waals surface area (Å²) in [6, 6.07) is 12.2. The molecule has 0 aliphatic rings. The molecule has 0 radical (unpaired) electrons. The van der Waals surface area contributed by atoms with Gasteiger partial charge in [0.25, 0.3) is 0 Å². The Morgan fingerprint density at radius 2 is 1.84 bits per heavy atom. The summed E-state index contributed by atoms with van der Waals surface area (Å²) in [5.41, 5.74) is 1.29. The second-order valence-electron chi connectivity index (χ2n) is 4.07. The summed E-state index contributed by atoms with van der Waals surface area (Å²) in [6.45, 7) is 0.354. The third kappa shape index (κ3) is 2.49. The van der Waals surface area contributed by atoms with Crippen molar-refractivity contribution in [3.8, 4) is 11.5 Å². The topological polar surface area (TPSA) is 43.6 Å². The second-order valence-corrected chi connectivity index (χ2v) is 4.07. The van der Waals surface area contributed by atoms with E-state index in [4.69, 9.17) is 0 Å². The number of benzene rings is 1. The molecule has 0 aliphatic carbocycles. The quantitative estimate of drug-likeness (QED) is 0.721. The summed E-state index contributed by atoms with van der Waals surface area (Å²) in [4.78, 5) is 8.35. The summed E-state index contributed by atoms with van der Waals surface area (Å²) in [5.74, 6) is 0.300. The van der Waals surface area contributed by atoms with Crippen LogP contribution in [0.3, 0.4) is 0 Å². The van der Waals surface area contributed by atoms with E-state index in [-0.39, 0.29) is 5.82 Å². The maximum atomic E-state index is 13.5. The minimum absolute atomic E-state index is 0.239. The molecular formula is C14H11FN4. The highest BCUT2D eigenvalue weighted by atomic mass is 19.1. The van der Waals surface area contributed by atoms with Crippen LogP contribution in [0.15, 0.2) is 55.0 Å². The first-order valence-corrected chi connectivity index (χ1v) is 5.87. The predicted molar refractivity (Wildman–Crippen MR) is 68.8 cm³/mol. The molecule has 5 heteroatoms. The Labute approximate surface area is 109 Å². The van der Waals surface area contributed by atoms with Crippen LogP contribution < -0.4 is 0 Å². The summed E-state index contributed by atoms with van der Waals surface area (Å²) >= 11 is 0. The molecule has 0 aliphatic heterocycles. The maximum absolute atomic E-state index is 13.5. The van der Waals surface area contributed by atoms with Crippen LogP contribution in [0, 0.1) is 5.82 Å². The molecule has 2 heterocycles. The van der Waals surface area contributed by atoms with E-state index in [1.807, 2.05) is 18.2 Å². The Morgan fingerprint density at radius 1 is 1.00 bits per heavy atom. The van der Waals surface area contributed by atoms with Crippen LogP contribution >= 0.6 is 0 Å². The molecule has 0 saturated heterocycles. The van der Waals surface area contributed by atoms with Gasteiger partial charge in [-0.15, -0.1) is 5.10 Å². The molecule has 0 bridgehead atoms. The molecule has 0 saturated carbocycles. The Kier molecular flexibility index (Phi) is 3.02. The minimum Gasteiger partial charge on any atom is -0.253 e. The van der Waals surface area contributed by atoms with Gasteiger partial charge in [0.05, 0.1) is 6.54 Å². The maximum Gasteiger partial charge on any atom is 0.199 e. The molecule has 19 heavy (non-hydrogen) atoms. The van der Waals surface area contributed by atoms with Gasteiger partial charge in [-0.3, -0.25) is 4.98 Å². The van der Waals surface area contributed by atoms with Gasteiger partial charge < -0.3 is 0 Å². The average molecular weight is 254 g/mol. The van der Waals surface area contributed by atoms with Crippen LogP contribution in [0.2, 0.25) is 0 Å². The zero-order valence-corrected chi connectivity index (χ0v) is 10.1. The van der Waals surface area contributed by atoms with E-state index in [2.05, 4.69) is 15.1 Å². The van der Waals surface area contributed by atoms with Crippen LogP contribution in [0.1, 0.15) is 5.56 Å². The first-order valence-electron chi connectivity index (χ1n) is 5.87. The number of pyridine rings is 1. The molecule has 1 aromatic carbocycles. The van der Waals surface area contributed by atoms with E-state index in [9.17, 15) is 4.39 Å². The van der Waals surface area contributed by atoms with Gasteiger partial charge in [-0.05, 0) is 18.2 Å². The van der Waals surface area contributed by atoms with Crippen molar-refractivity contribution in [2.45, 2.75) is 6.54 Å². The van der Waals surface area contributed by atoms with E-state index >= 15 is 0 Å². The normalized spacial score (nSPS) is 10.6. The Balaban J connectivity index is 1.85. The van der Waals surface area contributed by atoms with Crippen molar-refractivity contribution >= 4 is 0 Å². The van der Waals surface area contributed by atoms with E-state index in [0.717, 1.165) is 0 Å². The lowest BCUT2D eigenvalue weighted by molar-refractivity contribution is 0.585. The second kappa shape index (κ2) is 4.97. The molecule has 0 atom stereocenters. The average Bonchev–Trinajstić information content (AvgIpc) is 2.91. The molecule has 2 aromatic heterocycles. The molecule has 0 spiro atoms. The molecule has 94 valence electrons. The van der Waals surface area contributed by atoms with Gasteiger partial charge in [0.2, 0.25) is 0 Å². The Bertz CT molecular complexity index is 679. The fourth-order valence-electron chi connectivity index (χ4n) is 1.78. The van der Waals surface area contributed by atoms with E-state index in [0.29, 0.717) is 23.6 Å². The highest BCUT2D eigenvalue weighted by Crippen LogP contribution is 2.12. The van der Waals surface area contributed by atoms with Crippen LogP contribution in [0.25, 0.3) is 11.5 Å². The minimum atomic E-state index is -0.239. The monoisotopic (exact) mass is 254 g/mol. The lowest BCUT2D eigenvalue weighted by Gasteiger charge is -2.01. The van der Waals surface area contributed by atoms with E-state index < -0.39 is 0 Å². The number of halogens is 1. The van der Waals surface area contributed by atoms with E-state index in [1.165, 1.54) is 6.07 Å². The Morgan fingerprint density at radius 3 is 2.63 bits per heavy atom. The van der Waals surface area contributed by atoms with Gasteiger partial charge in [-0.25, -0.2) is 14.1 Å². The van der Waals surface area contributed by atoms with E-state index in [1.54, 1.807) is 35.4 Å². The zero-order valence-electron chi connectivity index (χ0n) is 10.1. The number of rotatable bonds is 3. The van der Waals surface area contributed by atoms with Gasteiger partial charge in [0.1, 0.15) is 17.8 Å². The van der Waals surface area contributed by atoms with Crippen molar-refractivity contribution in [3.63, 3.8) is 0 Å². The number of hydrogen-bond donors (Lipinski definition) is 0. The molecule has 0 N–H and O–H groups in total. The van der Waals surface area contributed by atoms with Crippen LogP contribution in [0.4, 0.5) is 4.39 Å². The molecule has 0 unspecified atom stereocenters. The fraction of sp³-hybridized carbons (Fsp3) is 0.0714. The van der Waals surface area contributed by atoms with Crippen molar-refractivity contribution in [1.29, 1.82) is 0 Å². The van der Waals surface area contributed by atoms with Gasteiger partial charge in [-0.2, -0.15) is 0 Å². The smallest absolute Gasteiger partial charge is 0.199 e. The lowest BCUT2D eigenvalue weighted by Crippen LogP contribution is -2.02. The molecule has 0 fully saturated rings. The fourth-order valence-corrected chi connectivity index (χ4v) is 1.78. The van der Waals surface area contributed by atoms with Crippen molar-refractivity contribution in [2.75, 3.05) is 0 Å². The first-order chi connectivity index (χ1) is 9.33. The standard InChI is InChI=1S/C14H11FN4/c15-12-6-2-1-5-11(12)9-19-10-17-14(18-19)13-7-3-4-8-16-13/h1-8,10H,9H2. The third-order valence-corrected chi connectivity index (χ3v) is 2.72. The number of nitrogens with zero attached hydrogens (tertiary/aromatic N) is 4. The summed E-state index contributed by atoms with van der Waals surface area (Å²) in [7, 11) is 0. The summed E-state index contributed by atoms with van der Waals surface area (Å²) in [6.07, 6.45) is 3.27. The highest BCUT2D eigenvalue weighted by molar-refractivity contribution is 5.47. The lowest BCUT2D eigenvalue weighted by atomic mass is 10.2. The highest BCUT2D eigenvalue weighted by Gasteiger charge is 2.07. The Hall–Kier alpha value is -2.56. The first kappa shape index (κ1) is 11.5. The largest absolute Gasteiger partial charge is 0.253 e. The van der Waals surface area contributed by atoms with Gasteiger partial charge >= 0.3 is 0 Å². The molecule has 4 nitrogen and oxygen atoms in total. The van der Waals surface area contributed by atoms with Gasteiger partial charge in [-0.1, -0.05) is 24.3 Å². The van der Waals surface area contributed by atoms with Crippen LogP contribution in [-0.2, 0) is 6.54 Å². The molecule has 0 amide bonds. The van der Waals surface area contributed by atoms with Gasteiger partial charge in [0.15, 0.2) is 5.82 Å². The summed E-state index contributed by atoms with van der Waals surface area (Å²) in [5, 5.41) is 4.29. The van der Waals surface area contributed by atoms with Gasteiger partial charge in [0, 0.05) is 11.8 Å².